The fourth-order valence-corrected chi connectivity index (χ4v) is 2.66. The monoisotopic (exact) mass is 401 g/mol. The third-order valence-corrected chi connectivity index (χ3v) is 4.46. The van der Waals surface area contributed by atoms with Crippen molar-refractivity contribution >= 4 is 37.5 Å². The van der Waals surface area contributed by atoms with Crippen molar-refractivity contribution < 1.29 is 9.50 Å². The van der Waals surface area contributed by atoms with Gasteiger partial charge in [0.2, 0.25) is 0 Å². The summed E-state index contributed by atoms with van der Waals surface area (Å²) in [7, 11) is 0. The first-order chi connectivity index (χ1) is 9.46. The molecule has 0 saturated heterocycles. The van der Waals surface area contributed by atoms with Crippen molar-refractivity contribution in [1.29, 1.82) is 0 Å². The van der Waals surface area contributed by atoms with Crippen molar-refractivity contribution in [3.05, 3.63) is 62.8 Å². The van der Waals surface area contributed by atoms with Gasteiger partial charge in [0.05, 0.1) is 16.6 Å². The summed E-state index contributed by atoms with van der Waals surface area (Å²) in [5, 5.41) is 13.1. The van der Waals surface area contributed by atoms with Gasteiger partial charge < -0.3 is 10.4 Å². The number of aliphatic hydroxyl groups is 1. The Balaban J connectivity index is 2.38. The normalized spacial score (nSPS) is 13.8. The molecule has 0 aliphatic heterocycles. The maximum atomic E-state index is 13.3. The van der Waals surface area contributed by atoms with E-state index >= 15 is 0 Å². The molecule has 0 bridgehead atoms. The molecule has 2 nitrogen and oxygen atoms in total. The number of hydrogen-bond donors (Lipinski definition) is 2. The van der Waals surface area contributed by atoms with Gasteiger partial charge in [0.1, 0.15) is 5.82 Å². The number of aliphatic hydroxyl groups excluding tert-OH is 1. The van der Waals surface area contributed by atoms with Crippen molar-refractivity contribution in [2.75, 3.05) is 11.9 Å². The molecule has 0 aliphatic carbocycles. The number of para-hydroxylation sites is 1. The first-order valence-corrected chi connectivity index (χ1v) is 7.64. The first-order valence-electron chi connectivity index (χ1n) is 6.05. The van der Waals surface area contributed by atoms with Gasteiger partial charge in [0.25, 0.3) is 0 Å². The summed E-state index contributed by atoms with van der Waals surface area (Å²) in [5.41, 5.74) is 0.952. The summed E-state index contributed by atoms with van der Waals surface area (Å²) in [4.78, 5) is 0. The van der Waals surface area contributed by atoms with Crippen LogP contribution >= 0.6 is 31.9 Å². The Morgan fingerprint density at radius 1 is 1.15 bits per heavy atom. The average molecular weight is 403 g/mol. The standard InChI is InChI=1S/C15H14Br2FNO/c1-15(9-20,10-6-7-13(18)12(17)8-10)19-14-5-3-2-4-11(14)16/h2-8,19-20H,9H2,1H3. The molecule has 0 amide bonds. The van der Waals surface area contributed by atoms with Crippen molar-refractivity contribution in [3.63, 3.8) is 0 Å². The molecule has 5 heteroatoms. The second-order valence-electron chi connectivity index (χ2n) is 4.72. The molecular formula is C15H14Br2FNO. The number of hydrogen-bond acceptors (Lipinski definition) is 2. The van der Waals surface area contributed by atoms with Crippen LogP contribution in [0, 0.1) is 5.82 Å². The second kappa shape index (κ2) is 6.24. The van der Waals surface area contributed by atoms with E-state index in [0.29, 0.717) is 4.47 Å². The zero-order valence-electron chi connectivity index (χ0n) is 10.8. The van der Waals surface area contributed by atoms with Crippen LogP contribution in [0.15, 0.2) is 51.4 Å². The van der Waals surface area contributed by atoms with Crippen molar-refractivity contribution in [2.45, 2.75) is 12.5 Å². The SMILES string of the molecule is CC(CO)(Nc1ccccc1Br)c1ccc(F)c(Br)c1. The molecule has 1 unspecified atom stereocenters. The van der Waals surface area contributed by atoms with E-state index in [4.69, 9.17) is 0 Å². The van der Waals surface area contributed by atoms with E-state index in [-0.39, 0.29) is 12.4 Å². The van der Waals surface area contributed by atoms with Crippen molar-refractivity contribution in [1.82, 2.24) is 0 Å². The minimum atomic E-state index is -0.708. The highest BCUT2D eigenvalue weighted by Crippen LogP contribution is 2.31. The van der Waals surface area contributed by atoms with Gasteiger partial charge in [-0.05, 0) is 68.6 Å². The largest absolute Gasteiger partial charge is 0.394 e. The van der Waals surface area contributed by atoms with Crippen LogP contribution in [0.3, 0.4) is 0 Å². The van der Waals surface area contributed by atoms with Crippen LogP contribution in [0.25, 0.3) is 0 Å². The summed E-state index contributed by atoms with van der Waals surface area (Å²) in [6.07, 6.45) is 0. The van der Waals surface area contributed by atoms with E-state index in [2.05, 4.69) is 37.2 Å². The van der Waals surface area contributed by atoms with Gasteiger partial charge >= 0.3 is 0 Å². The number of halogens is 3. The maximum absolute atomic E-state index is 13.3. The minimum Gasteiger partial charge on any atom is -0.394 e. The summed E-state index contributed by atoms with van der Waals surface area (Å²) in [6.45, 7) is 1.75. The van der Waals surface area contributed by atoms with Gasteiger partial charge in [0.15, 0.2) is 0 Å². The fourth-order valence-electron chi connectivity index (χ4n) is 1.90. The number of rotatable bonds is 4. The van der Waals surface area contributed by atoms with E-state index in [1.54, 1.807) is 12.1 Å². The second-order valence-corrected chi connectivity index (χ2v) is 6.43. The van der Waals surface area contributed by atoms with E-state index in [9.17, 15) is 9.50 Å². The quantitative estimate of drug-likeness (QED) is 0.778. The van der Waals surface area contributed by atoms with Crippen LogP contribution in [0.4, 0.5) is 10.1 Å². The zero-order valence-corrected chi connectivity index (χ0v) is 14.0. The Hall–Kier alpha value is -0.910. The zero-order chi connectivity index (χ0) is 14.8. The topological polar surface area (TPSA) is 32.3 Å². The lowest BCUT2D eigenvalue weighted by atomic mass is 9.92. The smallest absolute Gasteiger partial charge is 0.137 e. The Bertz CT molecular complexity index is 621. The van der Waals surface area contributed by atoms with Gasteiger partial charge in [-0.25, -0.2) is 4.39 Å². The van der Waals surface area contributed by atoms with Crippen LogP contribution in [-0.4, -0.2) is 11.7 Å². The molecular weight excluding hydrogens is 389 g/mol. The molecule has 106 valence electrons. The van der Waals surface area contributed by atoms with Gasteiger partial charge in [-0.3, -0.25) is 0 Å². The Morgan fingerprint density at radius 2 is 1.85 bits per heavy atom. The van der Waals surface area contributed by atoms with Crippen molar-refractivity contribution in [3.8, 4) is 0 Å². The summed E-state index contributed by atoms with van der Waals surface area (Å²) < 4.78 is 14.6. The molecule has 0 radical (unpaired) electrons. The molecule has 0 heterocycles. The molecule has 20 heavy (non-hydrogen) atoms. The first kappa shape index (κ1) is 15.5. The summed E-state index contributed by atoms with van der Waals surface area (Å²) in [6, 6.07) is 12.4. The van der Waals surface area contributed by atoms with E-state index in [1.165, 1.54) is 6.07 Å². The maximum Gasteiger partial charge on any atom is 0.137 e. The number of benzene rings is 2. The lowest BCUT2D eigenvalue weighted by Gasteiger charge is -2.31. The van der Waals surface area contributed by atoms with E-state index in [1.807, 2.05) is 31.2 Å². The molecule has 0 aromatic heterocycles. The minimum absolute atomic E-state index is 0.119. The highest BCUT2D eigenvalue weighted by Gasteiger charge is 2.27. The van der Waals surface area contributed by atoms with Crippen LogP contribution in [0.2, 0.25) is 0 Å². The lowest BCUT2D eigenvalue weighted by molar-refractivity contribution is 0.224. The Kier molecular flexibility index (Phi) is 4.83. The lowest BCUT2D eigenvalue weighted by Crippen LogP contribution is -2.36. The van der Waals surface area contributed by atoms with E-state index in [0.717, 1.165) is 15.7 Å². The van der Waals surface area contributed by atoms with Crippen LogP contribution in [0.1, 0.15) is 12.5 Å². The van der Waals surface area contributed by atoms with Crippen LogP contribution in [-0.2, 0) is 5.54 Å². The Morgan fingerprint density at radius 3 is 2.45 bits per heavy atom. The Labute approximate surface area is 134 Å². The highest BCUT2D eigenvalue weighted by molar-refractivity contribution is 9.10. The van der Waals surface area contributed by atoms with Gasteiger partial charge in [-0.15, -0.1) is 0 Å². The highest BCUT2D eigenvalue weighted by atomic mass is 79.9. The molecule has 0 fully saturated rings. The molecule has 0 spiro atoms. The van der Waals surface area contributed by atoms with Crippen LogP contribution < -0.4 is 5.32 Å². The van der Waals surface area contributed by atoms with Gasteiger partial charge in [-0.2, -0.15) is 0 Å². The molecule has 2 N–H and O–H groups in total. The molecule has 2 aromatic carbocycles. The van der Waals surface area contributed by atoms with Gasteiger partial charge in [0, 0.05) is 10.2 Å². The summed E-state index contributed by atoms with van der Waals surface area (Å²) >= 11 is 6.64. The average Bonchev–Trinajstić information content (AvgIpc) is 2.44. The number of nitrogens with one attached hydrogen (secondary N) is 1. The molecule has 1 atom stereocenters. The third-order valence-electron chi connectivity index (χ3n) is 3.16. The molecule has 2 aromatic rings. The predicted octanol–water partition coefficient (Wildman–Crippen LogP) is 4.67. The fraction of sp³-hybridized carbons (Fsp3) is 0.200. The van der Waals surface area contributed by atoms with E-state index < -0.39 is 5.54 Å². The van der Waals surface area contributed by atoms with Crippen molar-refractivity contribution in [2.24, 2.45) is 0 Å². The molecule has 2 rings (SSSR count). The number of anilines is 1. The van der Waals surface area contributed by atoms with Crippen LogP contribution in [0.5, 0.6) is 0 Å². The summed E-state index contributed by atoms with van der Waals surface area (Å²) in [5.74, 6) is -0.324. The predicted molar refractivity (Wildman–Crippen MR) is 86.3 cm³/mol. The molecule has 0 saturated carbocycles. The third kappa shape index (κ3) is 3.22. The molecule has 0 aliphatic rings. The van der Waals surface area contributed by atoms with Gasteiger partial charge in [-0.1, -0.05) is 18.2 Å².